The number of rotatable bonds is 4. The summed E-state index contributed by atoms with van der Waals surface area (Å²) in [6.07, 6.45) is 6.78. The molecule has 33 heavy (non-hydrogen) atoms. The molecule has 1 aromatic carbocycles. The molecule has 0 atom stereocenters. The van der Waals surface area contributed by atoms with E-state index in [-0.39, 0.29) is 17.7 Å². The molecule has 172 valence electrons. The highest BCUT2D eigenvalue weighted by Gasteiger charge is 2.24. The molecule has 2 aliphatic heterocycles. The highest BCUT2D eigenvalue weighted by Crippen LogP contribution is 2.27. The first-order valence-corrected chi connectivity index (χ1v) is 12.0. The number of piperidine rings is 2. The quantitative estimate of drug-likeness (QED) is 0.661. The second-order valence-corrected chi connectivity index (χ2v) is 9.27. The van der Waals surface area contributed by atoms with Crippen molar-refractivity contribution in [3.05, 3.63) is 54.2 Å². The summed E-state index contributed by atoms with van der Waals surface area (Å²) in [4.78, 5) is 30.1. The molecule has 7 heteroatoms. The number of aromatic nitrogens is 2. The predicted octanol–water partition coefficient (Wildman–Crippen LogP) is 3.91. The van der Waals surface area contributed by atoms with Gasteiger partial charge >= 0.3 is 0 Å². The van der Waals surface area contributed by atoms with E-state index in [1.807, 2.05) is 51.9 Å². The maximum Gasteiger partial charge on any atom is 0.257 e. The Hall–Kier alpha value is -3.19. The molecule has 0 radical (unpaired) electrons. The van der Waals surface area contributed by atoms with Crippen LogP contribution in [0.2, 0.25) is 0 Å². The lowest BCUT2D eigenvalue weighted by Crippen LogP contribution is -2.35. The molecule has 3 aromatic rings. The zero-order chi connectivity index (χ0) is 22.8. The third-order valence-corrected chi connectivity index (χ3v) is 6.93. The monoisotopic (exact) mass is 445 g/mol. The third kappa shape index (κ3) is 4.50. The Labute approximate surface area is 194 Å². The van der Waals surface area contributed by atoms with Crippen LogP contribution in [0.4, 0.5) is 5.69 Å². The number of carbonyl (C=O) groups is 2. The number of fused-ring (bicyclic) bond motifs is 1. The van der Waals surface area contributed by atoms with Crippen LogP contribution >= 0.6 is 0 Å². The van der Waals surface area contributed by atoms with E-state index >= 15 is 0 Å². The number of pyridine rings is 1. The van der Waals surface area contributed by atoms with Crippen LogP contribution in [0.25, 0.3) is 16.8 Å². The average molecular weight is 446 g/mol. The van der Waals surface area contributed by atoms with Crippen molar-refractivity contribution in [1.82, 2.24) is 19.4 Å². The van der Waals surface area contributed by atoms with Crippen LogP contribution in [-0.2, 0) is 4.79 Å². The molecule has 2 amide bonds. The van der Waals surface area contributed by atoms with Crippen molar-refractivity contribution in [2.24, 2.45) is 5.92 Å². The lowest BCUT2D eigenvalue weighted by atomic mass is 9.96. The zero-order valence-corrected chi connectivity index (χ0v) is 19.2. The summed E-state index contributed by atoms with van der Waals surface area (Å²) in [5.41, 5.74) is 4.07. The van der Waals surface area contributed by atoms with Crippen LogP contribution in [0.3, 0.4) is 0 Å². The number of amides is 2. The van der Waals surface area contributed by atoms with Crippen LogP contribution in [-0.4, -0.2) is 64.5 Å². The van der Waals surface area contributed by atoms with Crippen LogP contribution in [0.15, 0.2) is 48.7 Å². The van der Waals surface area contributed by atoms with Crippen LogP contribution < -0.4 is 5.32 Å². The predicted molar refractivity (Wildman–Crippen MR) is 129 cm³/mol. The molecule has 5 rings (SSSR count). The molecule has 0 bridgehead atoms. The van der Waals surface area contributed by atoms with Gasteiger partial charge in [-0.2, -0.15) is 5.10 Å². The molecule has 0 saturated carbocycles. The average Bonchev–Trinajstić information content (AvgIpc) is 3.29. The van der Waals surface area contributed by atoms with Gasteiger partial charge in [0.25, 0.3) is 5.91 Å². The van der Waals surface area contributed by atoms with Gasteiger partial charge in [-0.1, -0.05) is 18.2 Å². The van der Waals surface area contributed by atoms with Crippen molar-refractivity contribution in [2.75, 3.05) is 38.5 Å². The van der Waals surface area contributed by atoms with Gasteiger partial charge < -0.3 is 15.1 Å². The Balaban J connectivity index is 1.39. The number of nitrogens with one attached hydrogen (secondary N) is 1. The van der Waals surface area contributed by atoms with E-state index in [2.05, 4.69) is 22.4 Å². The van der Waals surface area contributed by atoms with E-state index in [4.69, 9.17) is 0 Å². The molecule has 2 aliphatic rings. The Morgan fingerprint density at radius 2 is 1.73 bits per heavy atom. The van der Waals surface area contributed by atoms with Gasteiger partial charge in [-0.15, -0.1) is 0 Å². The molecular weight excluding hydrogens is 414 g/mol. The van der Waals surface area contributed by atoms with Crippen LogP contribution in [0.5, 0.6) is 0 Å². The molecule has 2 saturated heterocycles. The molecule has 0 unspecified atom stereocenters. The molecule has 4 heterocycles. The van der Waals surface area contributed by atoms with Gasteiger partial charge in [0, 0.05) is 30.3 Å². The van der Waals surface area contributed by atoms with Gasteiger partial charge in [-0.05, 0) is 76.5 Å². The standard InChI is InChI=1S/C26H31N5O2/c1-29-15-11-19(12-16-29)25(32)28-21-8-5-7-20(17-21)23-9-6-10-24-22(18-27-31(23)24)26(33)30-13-3-2-4-14-30/h5-10,17-19H,2-4,11-16H2,1H3,(H,28,32). The highest BCUT2D eigenvalue weighted by molar-refractivity contribution is 6.01. The van der Waals surface area contributed by atoms with E-state index < -0.39 is 0 Å². The number of likely N-dealkylation sites (tertiary alicyclic amines) is 2. The zero-order valence-electron chi connectivity index (χ0n) is 19.2. The second kappa shape index (κ2) is 9.35. The summed E-state index contributed by atoms with van der Waals surface area (Å²) < 4.78 is 1.83. The minimum Gasteiger partial charge on any atom is -0.339 e. The highest BCUT2D eigenvalue weighted by atomic mass is 16.2. The normalized spacial score (nSPS) is 17.9. The molecule has 0 aliphatic carbocycles. The van der Waals surface area contributed by atoms with Crippen LogP contribution in [0.1, 0.15) is 42.5 Å². The lowest BCUT2D eigenvalue weighted by Gasteiger charge is -2.28. The summed E-state index contributed by atoms with van der Waals surface area (Å²) in [5, 5.41) is 7.66. The van der Waals surface area contributed by atoms with Crippen molar-refractivity contribution in [2.45, 2.75) is 32.1 Å². The molecule has 1 N–H and O–H groups in total. The van der Waals surface area contributed by atoms with Gasteiger partial charge in [0.05, 0.1) is 23.0 Å². The fourth-order valence-electron chi connectivity index (χ4n) is 4.93. The molecule has 2 aromatic heterocycles. The number of benzene rings is 1. The number of carbonyl (C=O) groups excluding carboxylic acids is 2. The van der Waals surface area contributed by atoms with Crippen molar-refractivity contribution >= 4 is 23.0 Å². The molecule has 7 nitrogen and oxygen atoms in total. The summed E-state index contributed by atoms with van der Waals surface area (Å²) in [6.45, 7) is 3.54. The topological polar surface area (TPSA) is 70.0 Å². The van der Waals surface area contributed by atoms with Gasteiger partial charge in [0.15, 0.2) is 0 Å². The maximum atomic E-state index is 13.1. The molecular formula is C26H31N5O2. The second-order valence-electron chi connectivity index (χ2n) is 9.27. The Morgan fingerprint density at radius 3 is 2.52 bits per heavy atom. The fraction of sp³-hybridized carbons (Fsp3) is 0.423. The summed E-state index contributed by atoms with van der Waals surface area (Å²) in [7, 11) is 2.10. The van der Waals surface area contributed by atoms with Gasteiger partial charge in [0.2, 0.25) is 5.91 Å². The fourth-order valence-corrected chi connectivity index (χ4v) is 4.93. The van der Waals surface area contributed by atoms with E-state index in [1.54, 1.807) is 6.20 Å². The van der Waals surface area contributed by atoms with E-state index in [0.717, 1.165) is 74.3 Å². The van der Waals surface area contributed by atoms with E-state index in [0.29, 0.717) is 5.56 Å². The first-order chi connectivity index (χ1) is 16.1. The minimum absolute atomic E-state index is 0.0565. The van der Waals surface area contributed by atoms with E-state index in [9.17, 15) is 9.59 Å². The largest absolute Gasteiger partial charge is 0.339 e. The van der Waals surface area contributed by atoms with Crippen molar-refractivity contribution in [3.63, 3.8) is 0 Å². The number of hydrogen-bond donors (Lipinski definition) is 1. The first kappa shape index (κ1) is 21.6. The van der Waals surface area contributed by atoms with Gasteiger partial charge in [-0.3, -0.25) is 9.59 Å². The first-order valence-electron chi connectivity index (χ1n) is 12.0. The van der Waals surface area contributed by atoms with Crippen molar-refractivity contribution < 1.29 is 9.59 Å². The summed E-state index contributed by atoms with van der Waals surface area (Å²) in [6, 6.07) is 13.8. The maximum absolute atomic E-state index is 13.1. The third-order valence-electron chi connectivity index (χ3n) is 6.93. The number of nitrogens with zero attached hydrogens (tertiary/aromatic N) is 4. The molecule has 2 fully saturated rings. The summed E-state index contributed by atoms with van der Waals surface area (Å²) in [5.74, 6) is 0.204. The van der Waals surface area contributed by atoms with Crippen LogP contribution in [0, 0.1) is 5.92 Å². The number of anilines is 1. The number of hydrogen-bond acceptors (Lipinski definition) is 4. The van der Waals surface area contributed by atoms with Gasteiger partial charge in [0.1, 0.15) is 0 Å². The Bertz CT molecular complexity index is 1160. The van der Waals surface area contributed by atoms with E-state index in [1.165, 1.54) is 6.42 Å². The lowest BCUT2D eigenvalue weighted by molar-refractivity contribution is -0.121. The van der Waals surface area contributed by atoms with Crippen molar-refractivity contribution in [1.29, 1.82) is 0 Å². The van der Waals surface area contributed by atoms with Gasteiger partial charge in [-0.25, -0.2) is 4.52 Å². The SMILES string of the molecule is CN1CCC(C(=O)Nc2cccc(-c3cccc4c(C(=O)N5CCCCC5)cnn34)c2)CC1. The summed E-state index contributed by atoms with van der Waals surface area (Å²) >= 11 is 0. The Morgan fingerprint density at radius 1 is 0.970 bits per heavy atom. The smallest absolute Gasteiger partial charge is 0.257 e. The molecule has 0 spiro atoms. The van der Waals surface area contributed by atoms with Crippen molar-refractivity contribution in [3.8, 4) is 11.3 Å². The Kier molecular flexibility index (Phi) is 6.13. The minimum atomic E-state index is 0.0565.